The van der Waals surface area contributed by atoms with Crippen molar-refractivity contribution in [2.75, 3.05) is 4.72 Å². The standard InChI is InChI=1S/C13H12BrN3O2S2/c1-8-3-2-4-10(12(8)14)17-21(18,19)9-5-6-11(13(15)20)16-7-9/h2-7,17H,1H3,(H2,15,20). The second kappa shape index (κ2) is 6.08. The molecule has 0 atom stereocenters. The van der Waals surface area contributed by atoms with Crippen LogP contribution in [0.4, 0.5) is 5.69 Å². The first kappa shape index (κ1) is 15.9. The van der Waals surface area contributed by atoms with E-state index in [1.165, 1.54) is 18.3 Å². The summed E-state index contributed by atoms with van der Waals surface area (Å²) in [6.07, 6.45) is 1.22. The van der Waals surface area contributed by atoms with E-state index in [4.69, 9.17) is 18.0 Å². The van der Waals surface area contributed by atoms with Gasteiger partial charge >= 0.3 is 0 Å². The van der Waals surface area contributed by atoms with Gasteiger partial charge in [0.2, 0.25) is 0 Å². The van der Waals surface area contributed by atoms with Crippen LogP contribution in [0.3, 0.4) is 0 Å². The molecule has 2 rings (SSSR count). The Bertz CT molecular complexity index is 790. The molecule has 3 N–H and O–H groups in total. The number of nitrogens with zero attached hydrogens (tertiary/aromatic N) is 1. The van der Waals surface area contributed by atoms with Gasteiger partial charge in [0, 0.05) is 10.7 Å². The van der Waals surface area contributed by atoms with E-state index in [1.807, 2.05) is 13.0 Å². The summed E-state index contributed by atoms with van der Waals surface area (Å²) in [5, 5.41) is 0. The molecule has 0 saturated carbocycles. The molecule has 0 amide bonds. The Hall–Kier alpha value is -1.51. The van der Waals surface area contributed by atoms with Crippen molar-refractivity contribution in [3.05, 3.63) is 52.3 Å². The Morgan fingerprint density at radius 3 is 2.62 bits per heavy atom. The largest absolute Gasteiger partial charge is 0.388 e. The van der Waals surface area contributed by atoms with Crippen molar-refractivity contribution in [1.29, 1.82) is 0 Å². The molecule has 0 aliphatic carbocycles. The summed E-state index contributed by atoms with van der Waals surface area (Å²) in [5.41, 5.74) is 7.20. The maximum Gasteiger partial charge on any atom is 0.263 e. The SMILES string of the molecule is Cc1cccc(NS(=O)(=O)c2ccc(C(N)=S)nc2)c1Br. The number of aryl methyl sites for hydroxylation is 1. The number of anilines is 1. The molecule has 110 valence electrons. The number of hydrogen-bond acceptors (Lipinski definition) is 4. The van der Waals surface area contributed by atoms with Crippen molar-refractivity contribution in [3.8, 4) is 0 Å². The molecule has 8 heteroatoms. The monoisotopic (exact) mass is 385 g/mol. The van der Waals surface area contributed by atoms with E-state index >= 15 is 0 Å². The minimum absolute atomic E-state index is 0.0379. The molecule has 1 heterocycles. The van der Waals surface area contributed by atoms with Gasteiger partial charge in [-0.3, -0.25) is 9.71 Å². The lowest BCUT2D eigenvalue weighted by Crippen LogP contribution is -2.16. The van der Waals surface area contributed by atoms with Crippen molar-refractivity contribution < 1.29 is 8.42 Å². The van der Waals surface area contributed by atoms with Crippen LogP contribution in [0, 0.1) is 6.92 Å². The van der Waals surface area contributed by atoms with Crippen LogP contribution in [-0.2, 0) is 10.0 Å². The predicted molar refractivity (Wildman–Crippen MR) is 89.8 cm³/mol. The molecule has 0 saturated heterocycles. The van der Waals surface area contributed by atoms with Gasteiger partial charge in [0.15, 0.2) is 0 Å². The number of sulfonamides is 1. The number of nitrogens with two attached hydrogens (primary N) is 1. The van der Waals surface area contributed by atoms with Crippen molar-refractivity contribution in [2.24, 2.45) is 5.73 Å². The lowest BCUT2D eigenvalue weighted by Gasteiger charge is -2.11. The van der Waals surface area contributed by atoms with Crippen LogP contribution in [0.15, 0.2) is 45.9 Å². The average Bonchev–Trinajstić information content (AvgIpc) is 2.44. The maximum atomic E-state index is 12.3. The van der Waals surface area contributed by atoms with Gasteiger partial charge in [0.05, 0.1) is 11.4 Å². The molecule has 0 unspecified atom stereocenters. The second-order valence-corrected chi connectivity index (χ2v) is 7.20. The Balaban J connectivity index is 2.34. The fourth-order valence-electron chi connectivity index (χ4n) is 1.61. The second-order valence-electron chi connectivity index (χ2n) is 4.29. The van der Waals surface area contributed by atoms with Gasteiger partial charge in [-0.2, -0.15) is 0 Å². The fourth-order valence-corrected chi connectivity index (χ4v) is 3.25. The third-order valence-electron chi connectivity index (χ3n) is 2.74. The first-order chi connectivity index (χ1) is 9.81. The predicted octanol–water partition coefficient (Wildman–Crippen LogP) is 2.59. The van der Waals surface area contributed by atoms with Crippen LogP contribution in [0.1, 0.15) is 11.3 Å². The fraction of sp³-hybridized carbons (Fsp3) is 0.0769. The van der Waals surface area contributed by atoms with E-state index in [1.54, 1.807) is 12.1 Å². The molecule has 5 nitrogen and oxygen atoms in total. The summed E-state index contributed by atoms with van der Waals surface area (Å²) in [7, 11) is -3.72. The van der Waals surface area contributed by atoms with Crippen LogP contribution in [0.5, 0.6) is 0 Å². The molecule has 21 heavy (non-hydrogen) atoms. The van der Waals surface area contributed by atoms with Crippen LogP contribution in [0.25, 0.3) is 0 Å². The zero-order valence-electron chi connectivity index (χ0n) is 11.0. The van der Waals surface area contributed by atoms with Crippen LogP contribution < -0.4 is 10.5 Å². The number of nitrogens with one attached hydrogen (secondary N) is 1. The number of halogens is 1. The molecule has 0 spiro atoms. The number of thiocarbonyl (C=S) groups is 1. The highest BCUT2D eigenvalue weighted by Crippen LogP contribution is 2.27. The molecule has 2 aromatic rings. The molecule has 0 bridgehead atoms. The molecule has 0 fully saturated rings. The first-order valence-corrected chi connectivity index (χ1v) is 8.53. The Labute approximate surface area is 136 Å². The molecule has 1 aromatic heterocycles. The third-order valence-corrected chi connectivity index (χ3v) is 5.35. The summed E-state index contributed by atoms with van der Waals surface area (Å²) in [6, 6.07) is 8.20. The Kier molecular flexibility index (Phi) is 4.60. The molecule has 1 aromatic carbocycles. The van der Waals surface area contributed by atoms with E-state index in [-0.39, 0.29) is 9.88 Å². The third kappa shape index (κ3) is 3.58. The van der Waals surface area contributed by atoms with Crippen LogP contribution in [0.2, 0.25) is 0 Å². The minimum atomic E-state index is -3.72. The normalized spacial score (nSPS) is 11.1. The highest BCUT2D eigenvalue weighted by atomic mass is 79.9. The van der Waals surface area contributed by atoms with Gasteiger partial charge in [-0.1, -0.05) is 24.4 Å². The quantitative estimate of drug-likeness (QED) is 0.789. The van der Waals surface area contributed by atoms with Crippen LogP contribution >= 0.6 is 28.1 Å². The molecular weight excluding hydrogens is 374 g/mol. The van der Waals surface area contributed by atoms with Crippen molar-refractivity contribution in [1.82, 2.24) is 4.98 Å². The smallest absolute Gasteiger partial charge is 0.263 e. The maximum absolute atomic E-state index is 12.3. The van der Waals surface area contributed by atoms with Gasteiger partial charge in [-0.25, -0.2) is 8.42 Å². The topological polar surface area (TPSA) is 85.1 Å². The number of aromatic nitrogens is 1. The average molecular weight is 386 g/mol. The summed E-state index contributed by atoms with van der Waals surface area (Å²) in [6.45, 7) is 1.88. The van der Waals surface area contributed by atoms with Crippen molar-refractivity contribution in [2.45, 2.75) is 11.8 Å². The van der Waals surface area contributed by atoms with Gasteiger partial charge in [-0.15, -0.1) is 0 Å². The molecule has 0 aliphatic heterocycles. The van der Waals surface area contributed by atoms with Gasteiger partial charge in [0.25, 0.3) is 10.0 Å². The number of rotatable bonds is 4. The summed E-state index contributed by atoms with van der Waals surface area (Å²) in [5.74, 6) is 0. The van der Waals surface area contributed by atoms with E-state index in [9.17, 15) is 8.42 Å². The Morgan fingerprint density at radius 2 is 2.05 bits per heavy atom. The first-order valence-electron chi connectivity index (χ1n) is 5.85. The summed E-state index contributed by atoms with van der Waals surface area (Å²) < 4.78 is 27.8. The molecule has 0 radical (unpaired) electrons. The lowest BCUT2D eigenvalue weighted by atomic mass is 10.2. The van der Waals surface area contributed by atoms with E-state index in [0.29, 0.717) is 15.9 Å². The van der Waals surface area contributed by atoms with E-state index in [2.05, 4.69) is 25.6 Å². The molecule has 0 aliphatic rings. The van der Waals surface area contributed by atoms with Crippen LogP contribution in [-0.4, -0.2) is 18.4 Å². The zero-order valence-corrected chi connectivity index (χ0v) is 14.2. The van der Waals surface area contributed by atoms with E-state index < -0.39 is 10.0 Å². The minimum Gasteiger partial charge on any atom is -0.388 e. The number of pyridine rings is 1. The zero-order chi connectivity index (χ0) is 15.6. The number of benzene rings is 1. The van der Waals surface area contributed by atoms with Gasteiger partial charge in [0.1, 0.15) is 9.88 Å². The van der Waals surface area contributed by atoms with Crippen molar-refractivity contribution in [3.63, 3.8) is 0 Å². The highest BCUT2D eigenvalue weighted by Gasteiger charge is 2.16. The van der Waals surface area contributed by atoms with Gasteiger partial charge in [-0.05, 0) is 46.6 Å². The van der Waals surface area contributed by atoms with Crippen molar-refractivity contribution >= 4 is 48.8 Å². The highest BCUT2D eigenvalue weighted by molar-refractivity contribution is 9.10. The van der Waals surface area contributed by atoms with Gasteiger partial charge < -0.3 is 5.73 Å². The number of hydrogen-bond donors (Lipinski definition) is 2. The summed E-state index contributed by atoms with van der Waals surface area (Å²) >= 11 is 8.14. The van der Waals surface area contributed by atoms with E-state index in [0.717, 1.165) is 5.56 Å². The molecular formula is C13H12BrN3O2S2. The lowest BCUT2D eigenvalue weighted by molar-refractivity contribution is 0.601. The Morgan fingerprint density at radius 1 is 1.33 bits per heavy atom. The summed E-state index contributed by atoms with van der Waals surface area (Å²) in [4.78, 5) is 4.09.